The molecule has 0 saturated heterocycles. The van der Waals surface area contributed by atoms with Gasteiger partial charge in [0.1, 0.15) is 0 Å². The van der Waals surface area contributed by atoms with Crippen LogP contribution in [0.25, 0.3) is 10.8 Å². The van der Waals surface area contributed by atoms with Gasteiger partial charge in [0, 0.05) is 30.6 Å². The van der Waals surface area contributed by atoms with Gasteiger partial charge >= 0.3 is 0 Å². The van der Waals surface area contributed by atoms with Gasteiger partial charge in [-0.25, -0.2) is 0 Å². The van der Waals surface area contributed by atoms with Gasteiger partial charge in [0.2, 0.25) is 0 Å². The van der Waals surface area contributed by atoms with Gasteiger partial charge in [0.25, 0.3) is 11.5 Å². The monoisotopic (exact) mass is 336 g/mol. The summed E-state index contributed by atoms with van der Waals surface area (Å²) in [5.41, 5.74) is 1.07. The molecule has 25 heavy (non-hydrogen) atoms. The van der Waals surface area contributed by atoms with E-state index in [4.69, 9.17) is 0 Å². The summed E-state index contributed by atoms with van der Waals surface area (Å²) in [4.78, 5) is 28.8. The zero-order valence-electron chi connectivity index (χ0n) is 14.0. The maximum absolute atomic E-state index is 12.7. The lowest BCUT2D eigenvalue weighted by Gasteiger charge is -2.20. The fourth-order valence-electron chi connectivity index (χ4n) is 2.85. The van der Waals surface area contributed by atoms with E-state index in [-0.39, 0.29) is 11.5 Å². The molecule has 1 unspecified atom stereocenters. The number of nitrogens with one attached hydrogen (secondary N) is 1. The minimum absolute atomic E-state index is 0.187. The molecule has 2 aromatic carbocycles. The van der Waals surface area contributed by atoms with Crippen LogP contribution in [-0.2, 0) is 0 Å². The fourth-order valence-corrected chi connectivity index (χ4v) is 2.85. The first-order valence-corrected chi connectivity index (χ1v) is 8.17. The Bertz CT molecular complexity index is 934. The van der Waals surface area contributed by atoms with Crippen molar-refractivity contribution >= 4 is 16.7 Å². The summed E-state index contributed by atoms with van der Waals surface area (Å²) in [5, 5.41) is 11.4. The van der Waals surface area contributed by atoms with Crippen molar-refractivity contribution in [2.24, 2.45) is 0 Å². The van der Waals surface area contributed by atoms with E-state index in [1.165, 1.54) is 6.20 Å². The molecular weight excluding hydrogens is 316 g/mol. The second kappa shape index (κ2) is 7.32. The van der Waals surface area contributed by atoms with E-state index in [9.17, 15) is 14.7 Å². The number of aliphatic hydroxyl groups is 1. The molecule has 3 rings (SSSR count). The molecule has 0 saturated carbocycles. The first-order valence-electron chi connectivity index (χ1n) is 8.17. The van der Waals surface area contributed by atoms with Gasteiger partial charge in [-0.15, -0.1) is 0 Å². The highest BCUT2D eigenvalue weighted by atomic mass is 16.3. The van der Waals surface area contributed by atoms with Gasteiger partial charge in [-0.3, -0.25) is 9.59 Å². The topological polar surface area (TPSA) is 73.4 Å². The summed E-state index contributed by atoms with van der Waals surface area (Å²) in [6, 6.07) is 16.4. The molecule has 0 aliphatic rings. The largest absolute Gasteiger partial charge is 0.388 e. The molecule has 0 spiro atoms. The van der Waals surface area contributed by atoms with E-state index >= 15 is 0 Å². The number of hydrogen-bond acceptors (Lipinski definition) is 3. The van der Waals surface area contributed by atoms with Crippen LogP contribution in [0, 0.1) is 0 Å². The van der Waals surface area contributed by atoms with Crippen LogP contribution in [0.3, 0.4) is 0 Å². The second-order valence-electron chi connectivity index (χ2n) is 6.02. The van der Waals surface area contributed by atoms with Crippen molar-refractivity contribution in [1.29, 1.82) is 0 Å². The standard InChI is InChI=1S/C20H20N2O3/c1-22(12-11-18(23)14-7-3-2-4-8-14)20(25)17-13-21-19(24)16-10-6-5-9-15(16)17/h2-10,13,18,23H,11-12H2,1H3,(H,21,24). The van der Waals surface area contributed by atoms with Gasteiger partial charge in [-0.2, -0.15) is 0 Å². The number of rotatable bonds is 5. The van der Waals surface area contributed by atoms with E-state index in [1.807, 2.05) is 30.3 Å². The van der Waals surface area contributed by atoms with E-state index in [0.29, 0.717) is 29.3 Å². The number of fused-ring (bicyclic) bond motifs is 1. The Hall–Kier alpha value is -2.92. The van der Waals surface area contributed by atoms with Crippen molar-refractivity contribution in [1.82, 2.24) is 9.88 Å². The van der Waals surface area contributed by atoms with Crippen LogP contribution in [0.5, 0.6) is 0 Å². The molecule has 1 aromatic heterocycles. The van der Waals surface area contributed by atoms with Gasteiger partial charge in [-0.05, 0) is 18.1 Å². The number of aromatic nitrogens is 1. The second-order valence-corrected chi connectivity index (χ2v) is 6.02. The van der Waals surface area contributed by atoms with Crippen molar-refractivity contribution in [3.05, 3.63) is 82.3 Å². The highest BCUT2D eigenvalue weighted by Crippen LogP contribution is 2.19. The van der Waals surface area contributed by atoms with Crippen LogP contribution < -0.4 is 5.56 Å². The van der Waals surface area contributed by atoms with E-state index < -0.39 is 6.10 Å². The molecule has 1 heterocycles. The molecule has 3 aromatic rings. The minimum atomic E-state index is -0.622. The summed E-state index contributed by atoms with van der Waals surface area (Å²) in [6.45, 7) is 0.405. The number of amides is 1. The Balaban J connectivity index is 1.75. The lowest BCUT2D eigenvalue weighted by Crippen LogP contribution is -2.29. The summed E-state index contributed by atoms with van der Waals surface area (Å²) >= 11 is 0. The molecule has 5 nitrogen and oxygen atoms in total. The molecule has 1 atom stereocenters. The quantitative estimate of drug-likeness (QED) is 0.752. The lowest BCUT2D eigenvalue weighted by molar-refractivity contribution is 0.0762. The molecule has 0 aliphatic carbocycles. The van der Waals surface area contributed by atoms with E-state index in [2.05, 4.69) is 4.98 Å². The molecule has 0 fully saturated rings. The zero-order chi connectivity index (χ0) is 17.8. The van der Waals surface area contributed by atoms with Gasteiger partial charge in [0.05, 0.1) is 11.7 Å². The number of aromatic amines is 1. The average Bonchev–Trinajstić information content (AvgIpc) is 2.66. The van der Waals surface area contributed by atoms with Gasteiger partial charge in [-0.1, -0.05) is 48.5 Å². The minimum Gasteiger partial charge on any atom is -0.388 e. The molecular formula is C20H20N2O3. The van der Waals surface area contributed by atoms with Crippen LogP contribution in [0.15, 0.2) is 65.6 Å². The van der Waals surface area contributed by atoms with Gasteiger partial charge < -0.3 is 15.0 Å². The Morgan fingerprint density at radius 3 is 2.44 bits per heavy atom. The number of nitrogens with zero attached hydrogens (tertiary/aromatic N) is 1. The number of hydrogen-bond donors (Lipinski definition) is 2. The van der Waals surface area contributed by atoms with Gasteiger partial charge in [0.15, 0.2) is 0 Å². The molecule has 2 N–H and O–H groups in total. The summed E-state index contributed by atoms with van der Waals surface area (Å²) in [6.07, 6.45) is 1.27. The Kier molecular flexibility index (Phi) is 4.95. The third-order valence-electron chi connectivity index (χ3n) is 4.31. The van der Waals surface area contributed by atoms with Crippen molar-refractivity contribution in [3.8, 4) is 0 Å². The SMILES string of the molecule is CN(CCC(O)c1ccccc1)C(=O)c1c[nH]c(=O)c2ccccc12. The van der Waals surface area contributed by atoms with Crippen molar-refractivity contribution in [2.75, 3.05) is 13.6 Å². The number of H-pyrrole nitrogens is 1. The Labute approximate surface area is 145 Å². The first kappa shape index (κ1) is 16.9. The number of benzene rings is 2. The van der Waals surface area contributed by atoms with Crippen molar-refractivity contribution in [3.63, 3.8) is 0 Å². The molecule has 0 radical (unpaired) electrons. The highest BCUT2D eigenvalue weighted by molar-refractivity contribution is 6.06. The van der Waals surface area contributed by atoms with Crippen LogP contribution >= 0.6 is 0 Å². The zero-order valence-corrected chi connectivity index (χ0v) is 14.0. The summed E-state index contributed by atoms with van der Waals surface area (Å²) in [7, 11) is 1.69. The third kappa shape index (κ3) is 3.61. The number of carbonyl (C=O) groups is 1. The van der Waals surface area contributed by atoms with Crippen LogP contribution in [0.1, 0.15) is 28.4 Å². The Morgan fingerprint density at radius 2 is 1.72 bits per heavy atom. The fraction of sp³-hybridized carbons (Fsp3) is 0.200. The smallest absolute Gasteiger partial charge is 0.255 e. The predicted octanol–water partition coefficient (Wildman–Crippen LogP) is 2.72. The van der Waals surface area contributed by atoms with Crippen molar-refractivity contribution < 1.29 is 9.90 Å². The molecule has 0 bridgehead atoms. The molecule has 128 valence electrons. The van der Waals surface area contributed by atoms with Crippen LogP contribution in [-0.4, -0.2) is 34.5 Å². The molecule has 5 heteroatoms. The van der Waals surface area contributed by atoms with Crippen LogP contribution in [0.2, 0.25) is 0 Å². The number of aliphatic hydroxyl groups excluding tert-OH is 1. The number of carbonyl (C=O) groups excluding carboxylic acids is 1. The summed E-state index contributed by atoms with van der Waals surface area (Å²) < 4.78 is 0. The molecule has 1 amide bonds. The normalized spacial score (nSPS) is 12.1. The molecule has 0 aliphatic heterocycles. The van der Waals surface area contributed by atoms with E-state index in [1.54, 1.807) is 36.2 Å². The number of pyridine rings is 1. The first-order chi connectivity index (χ1) is 12.1. The third-order valence-corrected chi connectivity index (χ3v) is 4.31. The van der Waals surface area contributed by atoms with E-state index in [0.717, 1.165) is 5.56 Å². The average molecular weight is 336 g/mol. The van der Waals surface area contributed by atoms with Crippen LogP contribution in [0.4, 0.5) is 0 Å². The highest BCUT2D eigenvalue weighted by Gasteiger charge is 2.17. The maximum Gasteiger partial charge on any atom is 0.255 e. The van der Waals surface area contributed by atoms with Crippen molar-refractivity contribution in [2.45, 2.75) is 12.5 Å². The maximum atomic E-state index is 12.7. The summed E-state index contributed by atoms with van der Waals surface area (Å²) in [5.74, 6) is -0.187. The lowest BCUT2D eigenvalue weighted by atomic mass is 10.1. The Morgan fingerprint density at radius 1 is 1.08 bits per heavy atom. The predicted molar refractivity (Wildman–Crippen MR) is 97.5 cm³/mol.